The van der Waals surface area contributed by atoms with Gasteiger partial charge in [0.2, 0.25) is 0 Å². The Morgan fingerprint density at radius 2 is 2.06 bits per heavy atom. The number of aliphatic hydroxyl groups excluding tert-OH is 1. The van der Waals surface area contributed by atoms with E-state index in [-0.39, 0.29) is 0 Å². The Morgan fingerprint density at radius 1 is 1.38 bits per heavy atom. The molecule has 1 rings (SSSR count). The van der Waals surface area contributed by atoms with Crippen LogP contribution in [0.2, 0.25) is 0 Å². The molecule has 1 atom stereocenters. The summed E-state index contributed by atoms with van der Waals surface area (Å²) in [7, 11) is 1.58. The first kappa shape index (κ1) is 13.1. The van der Waals surface area contributed by atoms with Crippen molar-refractivity contribution in [3.8, 4) is 0 Å². The molecule has 16 heavy (non-hydrogen) atoms. The van der Waals surface area contributed by atoms with Crippen molar-refractivity contribution >= 4 is 0 Å². The average molecular weight is 224 g/mol. The van der Waals surface area contributed by atoms with Crippen LogP contribution in [0.4, 0.5) is 0 Å². The number of hydrogen-bond acceptors (Lipinski definition) is 4. The molecule has 0 aliphatic carbocycles. The Kier molecular flexibility index (Phi) is 4.83. The lowest BCUT2D eigenvalue weighted by atomic mass is 10.1. The second-order valence-corrected chi connectivity index (χ2v) is 4.33. The van der Waals surface area contributed by atoms with Crippen molar-refractivity contribution in [2.75, 3.05) is 13.7 Å². The summed E-state index contributed by atoms with van der Waals surface area (Å²) >= 11 is 0. The summed E-state index contributed by atoms with van der Waals surface area (Å²) in [5.74, 6) is 1.14. The molecule has 4 nitrogen and oxygen atoms in total. The van der Waals surface area contributed by atoms with Crippen LogP contribution in [0.1, 0.15) is 37.0 Å². The zero-order valence-electron chi connectivity index (χ0n) is 10.4. The topological polar surface area (TPSA) is 55.2 Å². The van der Waals surface area contributed by atoms with E-state index in [0.29, 0.717) is 18.9 Å². The van der Waals surface area contributed by atoms with Crippen LogP contribution < -0.4 is 0 Å². The minimum absolute atomic E-state index is 0.304. The number of methoxy groups -OCH3 is 1. The van der Waals surface area contributed by atoms with Gasteiger partial charge in [0.1, 0.15) is 5.82 Å². The molecule has 1 N–H and O–H groups in total. The molecule has 1 unspecified atom stereocenters. The van der Waals surface area contributed by atoms with Crippen molar-refractivity contribution < 1.29 is 9.84 Å². The normalized spacial score (nSPS) is 13.1. The summed E-state index contributed by atoms with van der Waals surface area (Å²) in [6.45, 7) is 6.40. The van der Waals surface area contributed by atoms with Crippen LogP contribution in [0.15, 0.2) is 6.07 Å². The standard InChI is InChI=1S/C12H20N2O2/c1-8(2)12-13-9(3)5-10(14-12)6-11(15)7-16-4/h5,8,11,15H,6-7H2,1-4H3. The number of ether oxygens (including phenoxy) is 1. The molecule has 0 amide bonds. The van der Waals surface area contributed by atoms with Crippen LogP contribution in [0, 0.1) is 6.92 Å². The Balaban J connectivity index is 2.80. The average Bonchev–Trinajstić information content (AvgIpc) is 2.16. The maximum Gasteiger partial charge on any atom is 0.131 e. The Morgan fingerprint density at radius 3 is 2.62 bits per heavy atom. The second-order valence-electron chi connectivity index (χ2n) is 4.33. The van der Waals surface area contributed by atoms with Crippen LogP contribution in [-0.4, -0.2) is 34.9 Å². The molecule has 4 heteroatoms. The number of nitrogens with zero attached hydrogens (tertiary/aromatic N) is 2. The summed E-state index contributed by atoms with van der Waals surface area (Å²) in [5, 5.41) is 9.64. The lowest BCUT2D eigenvalue weighted by molar-refractivity contribution is 0.0644. The molecule has 90 valence electrons. The molecule has 0 aromatic carbocycles. The predicted octanol–water partition coefficient (Wildman–Crippen LogP) is 1.46. The van der Waals surface area contributed by atoms with Crippen molar-refractivity contribution in [1.82, 2.24) is 9.97 Å². The zero-order chi connectivity index (χ0) is 12.1. The molecular weight excluding hydrogens is 204 g/mol. The third kappa shape index (κ3) is 3.87. The van der Waals surface area contributed by atoms with Crippen LogP contribution >= 0.6 is 0 Å². The van der Waals surface area contributed by atoms with Gasteiger partial charge in [-0.3, -0.25) is 0 Å². The predicted molar refractivity (Wildman–Crippen MR) is 62.4 cm³/mol. The first-order valence-corrected chi connectivity index (χ1v) is 5.54. The molecule has 0 spiro atoms. The van der Waals surface area contributed by atoms with E-state index in [1.807, 2.05) is 13.0 Å². The van der Waals surface area contributed by atoms with Gasteiger partial charge in [0, 0.05) is 30.8 Å². The molecule has 0 fully saturated rings. The Labute approximate surface area is 96.7 Å². The third-order valence-electron chi connectivity index (χ3n) is 2.24. The highest BCUT2D eigenvalue weighted by atomic mass is 16.5. The number of aromatic nitrogens is 2. The molecule has 0 bridgehead atoms. The quantitative estimate of drug-likeness (QED) is 0.822. The van der Waals surface area contributed by atoms with Crippen molar-refractivity contribution in [3.05, 3.63) is 23.3 Å². The van der Waals surface area contributed by atoms with Gasteiger partial charge in [0.25, 0.3) is 0 Å². The van der Waals surface area contributed by atoms with E-state index in [0.717, 1.165) is 17.2 Å². The highest BCUT2D eigenvalue weighted by Crippen LogP contribution is 2.11. The summed E-state index contributed by atoms with van der Waals surface area (Å²) < 4.78 is 4.89. The Bertz CT molecular complexity index is 340. The number of aryl methyl sites for hydroxylation is 1. The smallest absolute Gasteiger partial charge is 0.131 e. The lowest BCUT2D eigenvalue weighted by Gasteiger charge is -2.11. The Hall–Kier alpha value is -1.00. The van der Waals surface area contributed by atoms with E-state index >= 15 is 0 Å². The summed E-state index contributed by atoms with van der Waals surface area (Å²) in [6.07, 6.45) is 0.0102. The second kappa shape index (κ2) is 5.92. The van der Waals surface area contributed by atoms with E-state index in [1.54, 1.807) is 7.11 Å². The van der Waals surface area contributed by atoms with Crippen molar-refractivity contribution in [3.63, 3.8) is 0 Å². The fourth-order valence-corrected chi connectivity index (χ4v) is 1.51. The molecular formula is C12H20N2O2. The number of hydrogen-bond donors (Lipinski definition) is 1. The fraction of sp³-hybridized carbons (Fsp3) is 0.667. The van der Waals surface area contributed by atoms with E-state index in [9.17, 15) is 5.11 Å². The van der Waals surface area contributed by atoms with E-state index < -0.39 is 6.10 Å². The molecule has 1 aromatic heterocycles. The summed E-state index contributed by atoms with van der Waals surface area (Å²) in [6, 6.07) is 1.91. The minimum atomic E-state index is -0.501. The minimum Gasteiger partial charge on any atom is -0.390 e. The van der Waals surface area contributed by atoms with Gasteiger partial charge in [0.05, 0.1) is 12.7 Å². The van der Waals surface area contributed by atoms with Gasteiger partial charge in [-0.25, -0.2) is 9.97 Å². The van der Waals surface area contributed by atoms with Gasteiger partial charge in [-0.2, -0.15) is 0 Å². The van der Waals surface area contributed by atoms with E-state index in [4.69, 9.17) is 4.74 Å². The molecule has 1 heterocycles. The van der Waals surface area contributed by atoms with Gasteiger partial charge in [-0.1, -0.05) is 13.8 Å². The maximum atomic E-state index is 9.64. The first-order valence-electron chi connectivity index (χ1n) is 5.54. The molecule has 0 radical (unpaired) electrons. The molecule has 1 aromatic rings. The largest absolute Gasteiger partial charge is 0.390 e. The van der Waals surface area contributed by atoms with Crippen LogP contribution in [0.5, 0.6) is 0 Å². The number of aliphatic hydroxyl groups is 1. The van der Waals surface area contributed by atoms with Crippen LogP contribution in [0.25, 0.3) is 0 Å². The monoisotopic (exact) mass is 224 g/mol. The SMILES string of the molecule is COCC(O)Cc1cc(C)nc(C(C)C)n1. The zero-order valence-corrected chi connectivity index (χ0v) is 10.4. The molecule has 0 aliphatic heterocycles. The third-order valence-corrected chi connectivity index (χ3v) is 2.24. The number of rotatable bonds is 5. The van der Waals surface area contributed by atoms with Gasteiger partial charge < -0.3 is 9.84 Å². The van der Waals surface area contributed by atoms with Gasteiger partial charge in [0.15, 0.2) is 0 Å². The highest BCUT2D eigenvalue weighted by Gasteiger charge is 2.10. The molecule has 0 saturated carbocycles. The lowest BCUT2D eigenvalue weighted by Crippen LogP contribution is -2.18. The fourth-order valence-electron chi connectivity index (χ4n) is 1.51. The van der Waals surface area contributed by atoms with Crippen molar-refractivity contribution in [2.45, 2.75) is 39.2 Å². The van der Waals surface area contributed by atoms with Crippen molar-refractivity contribution in [2.24, 2.45) is 0 Å². The first-order chi connectivity index (χ1) is 7.52. The van der Waals surface area contributed by atoms with E-state index in [2.05, 4.69) is 23.8 Å². The van der Waals surface area contributed by atoms with Gasteiger partial charge in [-0.05, 0) is 13.0 Å². The van der Waals surface area contributed by atoms with E-state index in [1.165, 1.54) is 0 Å². The molecule has 0 aliphatic rings. The summed E-state index contributed by atoms with van der Waals surface area (Å²) in [5.41, 5.74) is 1.82. The van der Waals surface area contributed by atoms with Gasteiger partial charge >= 0.3 is 0 Å². The van der Waals surface area contributed by atoms with Crippen LogP contribution in [-0.2, 0) is 11.2 Å². The highest BCUT2D eigenvalue weighted by molar-refractivity contribution is 5.12. The maximum absolute atomic E-state index is 9.64. The van der Waals surface area contributed by atoms with Crippen LogP contribution in [0.3, 0.4) is 0 Å². The van der Waals surface area contributed by atoms with Crippen molar-refractivity contribution in [1.29, 1.82) is 0 Å². The van der Waals surface area contributed by atoms with Gasteiger partial charge in [-0.15, -0.1) is 0 Å². The summed E-state index contributed by atoms with van der Waals surface area (Å²) in [4.78, 5) is 8.79. The molecule has 0 saturated heterocycles.